The van der Waals surface area contributed by atoms with Gasteiger partial charge in [0.1, 0.15) is 0 Å². The molecule has 0 atom stereocenters. The van der Waals surface area contributed by atoms with Gasteiger partial charge < -0.3 is 5.32 Å². The molecule has 2 heteroatoms. The second-order valence-electron chi connectivity index (χ2n) is 7.92. The number of benzene rings is 1. The molecule has 3 rings (SSSR count). The van der Waals surface area contributed by atoms with E-state index in [0.717, 1.165) is 5.57 Å². The van der Waals surface area contributed by atoms with Crippen molar-refractivity contribution in [1.29, 1.82) is 0 Å². The Hall–Kier alpha value is -1.28. The van der Waals surface area contributed by atoms with E-state index < -0.39 is 0 Å². The fourth-order valence-corrected chi connectivity index (χ4v) is 4.84. The van der Waals surface area contributed by atoms with Crippen LogP contribution >= 0.6 is 0 Å². The molecule has 132 valence electrons. The number of nitrogens with zero attached hydrogens (tertiary/aromatic N) is 1. The molecule has 1 aliphatic heterocycles. The Balaban J connectivity index is 1.87. The Labute approximate surface area is 148 Å². The minimum Gasteiger partial charge on any atom is -0.388 e. The lowest BCUT2D eigenvalue weighted by Crippen LogP contribution is -2.53. The van der Waals surface area contributed by atoms with Crippen molar-refractivity contribution in [2.24, 2.45) is 0 Å². The third kappa shape index (κ3) is 3.69. The van der Waals surface area contributed by atoms with E-state index >= 15 is 0 Å². The molecular formula is C22H34N2. The summed E-state index contributed by atoms with van der Waals surface area (Å²) < 4.78 is 0. The molecule has 1 aromatic rings. The number of nitrogens with one attached hydrogen (secondary N) is 1. The van der Waals surface area contributed by atoms with Crippen LogP contribution in [0.5, 0.6) is 0 Å². The molecule has 1 heterocycles. The van der Waals surface area contributed by atoms with Crippen LogP contribution in [0.15, 0.2) is 24.8 Å². The highest BCUT2D eigenvalue weighted by molar-refractivity contribution is 5.74. The average Bonchev–Trinajstić information content (AvgIpc) is 2.63. The van der Waals surface area contributed by atoms with Crippen molar-refractivity contribution in [3.8, 4) is 0 Å². The summed E-state index contributed by atoms with van der Waals surface area (Å²) in [6.45, 7) is 8.91. The Morgan fingerprint density at radius 2 is 1.75 bits per heavy atom. The molecule has 1 aliphatic carbocycles. The molecule has 0 radical (unpaired) electrons. The van der Waals surface area contributed by atoms with Crippen molar-refractivity contribution < 1.29 is 0 Å². The lowest BCUT2D eigenvalue weighted by molar-refractivity contribution is 0.0336. The second-order valence-corrected chi connectivity index (χ2v) is 7.92. The van der Waals surface area contributed by atoms with E-state index in [1.807, 2.05) is 7.05 Å². The Bertz CT molecular complexity index is 563. The lowest BCUT2D eigenvalue weighted by atomic mass is 9.75. The highest BCUT2D eigenvalue weighted by Gasteiger charge is 2.38. The van der Waals surface area contributed by atoms with E-state index in [0.29, 0.717) is 5.54 Å². The fraction of sp³-hybridized carbons (Fsp3) is 0.636. The molecule has 0 aromatic heterocycles. The normalized spacial score (nSPS) is 21.4. The molecule has 2 nitrogen and oxygen atoms in total. The summed E-state index contributed by atoms with van der Waals surface area (Å²) in [5.41, 5.74) is 5.52. The molecule has 1 N–H and O–H groups in total. The van der Waals surface area contributed by atoms with Crippen LogP contribution in [0.1, 0.15) is 69.4 Å². The van der Waals surface area contributed by atoms with Gasteiger partial charge in [-0.15, -0.1) is 0 Å². The highest BCUT2D eigenvalue weighted by atomic mass is 15.2. The Kier molecular flexibility index (Phi) is 5.65. The first-order valence-corrected chi connectivity index (χ1v) is 9.86. The SMILES string of the molecule is C=C(C)c1cc(CC2(N3CCCCC3)CCCCC2)ccc1NC. The number of anilines is 1. The topological polar surface area (TPSA) is 15.3 Å². The number of piperidine rings is 1. The summed E-state index contributed by atoms with van der Waals surface area (Å²) in [6, 6.07) is 6.96. The number of hydrogen-bond donors (Lipinski definition) is 1. The lowest BCUT2D eigenvalue weighted by Gasteiger charge is -2.48. The smallest absolute Gasteiger partial charge is 0.0413 e. The first-order valence-electron chi connectivity index (χ1n) is 9.86. The first kappa shape index (κ1) is 17.5. The van der Waals surface area contributed by atoms with Crippen molar-refractivity contribution in [2.75, 3.05) is 25.5 Å². The van der Waals surface area contributed by atoms with Crippen molar-refractivity contribution in [2.45, 2.75) is 70.3 Å². The Morgan fingerprint density at radius 3 is 2.38 bits per heavy atom. The van der Waals surface area contributed by atoms with Crippen LogP contribution in [0.4, 0.5) is 5.69 Å². The molecule has 24 heavy (non-hydrogen) atoms. The van der Waals surface area contributed by atoms with E-state index in [1.54, 1.807) is 0 Å². The fourth-order valence-electron chi connectivity index (χ4n) is 4.84. The maximum absolute atomic E-state index is 4.18. The van der Waals surface area contributed by atoms with E-state index in [4.69, 9.17) is 0 Å². The van der Waals surface area contributed by atoms with Gasteiger partial charge >= 0.3 is 0 Å². The van der Waals surface area contributed by atoms with E-state index in [-0.39, 0.29) is 0 Å². The van der Waals surface area contributed by atoms with Crippen LogP contribution in [0, 0.1) is 0 Å². The van der Waals surface area contributed by atoms with Crippen LogP contribution in [0.2, 0.25) is 0 Å². The summed E-state index contributed by atoms with van der Waals surface area (Å²) in [4.78, 5) is 2.85. The zero-order valence-electron chi connectivity index (χ0n) is 15.7. The van der Waals surface area contributed by atoms with E-state index in [2.05, 4.69) is 41.9 Å². The molecule has 0 amide bonds. The van der Waals surface area contributed by atoms with Gasteiger partial charge in [0.15, 0.2) is 0 Å². The number of likely N-dealkylation sites (tertiary alicyclic amines) is 1. The standard InChI is InChI=1S/C22H34N2/c1-18(2)20-16-19(10-11-21(20)23-3)17-22(12-6-4-7-13-22)24-14-8-5-9-15-24/h10-11,16,23H,1,4-9,12-15,17H2,2-3H3. The van der Waals surface area contributed by atoms with Gasteiger partial charge in [0.05, 0.1) is 0 Å². The molecular weight excluding hydrogens is 292 g/mol. The van der Waals surface area contributed by atoms with E-state index in [1.165, 1.54) is 87.7 Å². The summed E-state index contributed by atoms with van der Waals surface area (Å²) >= 11 is 0. The summed E-state index contributed by atoms with van der Waals surface area (Å²) in [5.74, 6) is 0. The zero-order valence-corrected chi connectivity index (χ0v) is 15.7. The third-order valence-electron chi connectivity index (χ3n) is 6.16. The predicted octanol–water partition coefficient (Wildman–Crippen LogP) is 5.49. The van der Waals surface area contributed by atoms with Gasteiger partial charge in [0, 0.05) is 23.8 Å². The van der Waals surface area contributed by atoms with Crippen molar-refractivity contribution >= 4 is 11.3 Å². The van der Waals surface area contributed by atoms with Crippen LogP contribution in [-0.2, 0) is 6.42 Å². The molecule has 2 aliphatic rings. The van der Waals surface area contributed by atoms with Crippen LogP contribution in [-0.4, -0.2) is 30.6 Å². The maximum atomic E-state index is 4.18. The molecule has 1 saturated carbocycles. The number of hydrogen-bond acceptors (Lipinski definition) is 2. The van der Waals surface area contributed by atoms with Crippen molar-refractivity contribution in [3.05, 3.63) is 35.9 Å². The zero-order chi connectivity index (χ0) is 17.0. The highest BCUT2D eigenvalue weighted by Crippen LogP contribution is 2.39. The minimum absolute atomic E-state index is 0.409. The van der Waals surface area contributed by atoms with Crippen molar-refractivity contribution in [3.63, 3.8) is 0 Å². The first-order chi connectivity index (χ1) is 11.6. The second kappa shape index (κ2) is 7.74. The molecule has 1 aromatic carbocycles. The van der Waals surface area contributed by atoms with Crippen molar-refractivity contribution in [1.82, 2.24) is 4.90 Å². The van der Waals surface area contributed by atoms with Gasteiger partial charge in [-0.2, -0.15) is 0 Å². The largest absolute Gasteiger partial charge is 0.388 e. The summed E-state index contributed by atoms with van der Waals surface area (Å²) in [5, 5.41) is 3.31. The van der Waals surface area contributed by atoms with Crippen LogP contribution in [0.25, 0.3) is 5.57 Å². The monoisotopic (exact) mass is 326 g/mol. The quantitative estimate of drug-likeness (QED) is 0.769. The minimum atomic E-state index is 0.409. The van der Waals surface area contributed by atoms with E-state index in [9.17, 15) is 0 Å². The van der Waals surface area contributed by atoms with Gasteiger partial charge in [-0.3, -0.25) is 4.90 Å². The van der Waals surface area contributed by atoms with Crippen LogP contribution < -0.4 is 5.32 Å². The van der Waals surface area contributed by atoms with Gasteiger partial charge in [0.25, 0.3) is 0 Å². The van der Waals surface area contributed by atoms with Gasteiger partial charge in [0.2, 0.25) is 0 Å². The maximum Gasteiger partial charge on any atom is 0.0413 e. The molecule has 0 spiro atoms. The summed E-state index contributed by atoms with van der Waals surface area (Å²) in [6.07, 6.45) is 12.4. The Morgan fingerprint density at radius 1 is 1.08 bits per heavy atom. The summed E-state index contributed by atoms with van der Waals surface area (Å²) in [7, 11) is 2.00. The molecule has 0 unspecified atom stereocenters. The number of rotatable bonds is 5. The van der Waals surface area contributed by atoms with Gasteiger partial charge in [-0.05, 0) is 75.4 Å². The average molecular weight is 327 g/mol. The predicted molar refractivity (Wildman–Crippen MR) is 106 cm³/mol. The van der Waals surface area contributed by atoms with Crippen LogP contribution in [0.3, 0.4) is 0 Å². The third-order valence-corrected chi connectivity index (χ3v) is 6.16. The molecule has 1 saturated heterocycles. The molecule has 2 fully saturated rings. The van der Waals surface area contributed by atoms with Gasteiger partial charge in [-0.1, -0.05) is 38.3 Å². The van der Waals surface area contributed by atoms with Gasteiger partial charge in [-0.25, -0.2) is 0 Å². The number of allylic oxidation sites excluding steroid dienone is 1. The molecule has 0 bridgehead atoms.